The fraction of sp³-hybridized carbons (Fsp3) is 0.941. The van der Waals surface area contributed by atoms with Gasteiger partial charge in [0.1, 0.15) is 0 Å². The molecule has 124 valence electrons. The predicted molar refractivity (Wildman–Crippen MR) is 89.1 cm³/mol. The smallest absolute Gasteiger partial charge is 0.226 e. The SMILES string of the molecule is CC(C)N1CCC(N(C)C(=O)C(CN)CC(C)(C)C)CC1. The third-order valence-electron chi connectivity index (χ3n) is 4.62. The van der Waals surface area contributed by atoms with Crippen molar-refractivity contribution in [2.75, 3.05) is 26.7 Å². The van der Waals surface area contributed by atoms with Gasteiger partial charge in [-0.25, -0.2) is 0 Å². The summed E-state index contributed by atoms with van der Waals surface area (Å²) >= 11 is 0. The average Bonchev–Trinajstić information content (AvgIpc) is 2.42. The summed E-state index contributed by atoms with van der Waals surface area (Å²) in [7, 11) is 1.96. The molecular weight excluding hydrogens is 262 g/mol. The monoisotopic (exact) mass is 297 g/mol. The summed E-state index contributed by atoms with van der Waals surface area (Å²) in [6.45, 7) is 13.6. The molecule has 1 rings (SSSR count). The Balaban J connectivity index is 2.57. The molecule has 0 aromatic carbocycles. The second-order valence-electron chi connectivity index (χ2n) is 8.01. The number of hydrogen-bond donors (Lipinski definition) is 1. The Labute approximate surface area is 131 Å². The van der Waals surface area contributed by atoms with Crippen LogP contribution in [0.4, 0.5) is 0 Å². The Kier molecular flexibility index (Phi) is 6.67. The lowest BCUT2D eigenvalue weighted by Gasteiger charge is -2.40. The van der Waals surface area contributed by atoms with Gasteiger partial charge in [0, 0.05) is 38.8 Å². The molecule has 1 saturated heterocycles. The van der Waals surface area contributed by atoms with E-state index in [1.54, 1.807) is 0 Å². The van der Waals surface area contributed by atoms with Gasteiger partial charge in [0.05, 0.1) is 5.92 Å². The predicted octanol–water partition coefficient (Wildman–Crippen LogP) is 2.33. The molecule has 0 bridgehead atoms. The standard InChI is InChI=1S/C17H35N3O/c1-13(2)20-9-7-15(8-10-20)19(6)16(21)14(12-18)11-17(3,4)5/h13-15H,7-12,18H2,1-6H3. The van der Waals surface area contributed by atoms with Gasteiger partial charge >= 0.3 is 0 Å². The summed E-state index contributed by atoms with van der Waals surface area (Å²) in [5, 5.41) is 0. The molecule has 2 N–H and O–H groups in total. The number of nitrogens with two attached hydrogens (primary N) is 1. The van der Waals surface area contributed by atoms with Crippen molar-refractivity contribution in [1.29, 1.82) is 0 Å². The molecule has 1 amide bonds. The average molecular weight is 297 g/mol. The molecule has 0 radical (unpaired) electrons. The lowest BCUT2D eigenvalue weighted by atomic mass is 9.83. The molecular formula is C17H35N3O. The van der Waals surface area contributed by atoms with E-state index in [-0.39, 0.29) is 17.2 Å². The zero-order valence-electron chi connectivity index (χ0n) is 14.9. The van der Waals surface area contributed by atoms with Crippen molar-refractivity contribution in [2.24, 2.45) is 17.1 Å². The molecule has 4 heteroatoms. The number of piperidine rings is 1. The van der Waals surface area contributed by atoms with Crippen molar-refractivity contribution in [3.63, 3.8) is 0 Å². The van der Waals surface area contributed by atoms with Crippen LogP contribution < -0.4 is 5.73 Å². The summed E-state index contributed by atoms with van der Waals surface area (Å²) in [5.41, 5.74) is 5.99. The van der Waals surface area contributed by atoms with Crippen LogP contribution in [0.15, 0.2) is 0 Å². The molecule has 4 nitrogen and oxygen atoms in total. The quantitative estimate of drug-likeness (QED) is 0.847. The van der Waals surface area contributed by atoms with Crippen LogP contribution in [0.2, 0.25) is 0 Å². The molecule has 21 heavy (non-hydrogen) atoms. The Morgan fingerprint density at radius 3 is 2.19 bits per heavy atom. The molecule has 1 aliphatic heterocycles. The second kappa shape index (κ2) is 7.59. The minimum absolute atomic E-state index is 0.0434. The molecule has 1 aliphatic rings. The van der Waals surface area contributed by atoms with Crippen molar-refractivity contribution in [3.8, 4) is 0 Å². The molecule has 0 aromatic heterocycles. The molecule has 1 atom stereocenters. The molecule has 0 saturated carbocycles. The maximum absolute atomic E-state index is 12.7. The number of carbonyl (C=O) groups is 1. The first-order chi connectivity index (χ1) is 9.65. The lowest BCUT2D eigenvalue weighted by molar-refractivity contribution is -0.138. The van der Waals surface area contributed by atoms with Gasteiger partial charge in [-0.2, -0.15) is 0 Å². The van der Waals surface area contributed by atoms with Crippen molar-refractivity contribution in [1.82, 2.24) is 9.80 Å². The van der Waals surface area contributed by atoms with Crippen molar-refractivity contribution in [2.45, 2.75) is 66.0 Å². The van der Waals surface area contributed by atoms with Crippen LogP contribution in [0.25, 0.3) is 0 Å². The third-order valence-corrected chi connectivity index (χ3v) is 4.62. The minimum Gasteiger partial charge on any atom is -0.342 e. The number of carbonyl (C=O) groups excluding carboxylic acids is 1. The number of likely N-dealkylation sites (tertiary alicyclic amines) is 1. The van der Waals surface area contributed by atoms with E-state index in [1.807, 2.05) is 11.9 Å². The molecule has 0 aliphatic carbocycles. The van der Waals surface area contributed by atoms with E-state index in [2.05, 4.69) is 39.5 Å². The van der Waals surface area contributed by atoms with Gasteiger partial charge in [0.2, 0.25) is 5.91 Å². The van der Waals surface area contributed by atoms with E-state index >= 15 is 0 Å². The van der Waals surface area contributed by atoms with E-state index in [0.717, 1.165) is 32.4 Å². The summed E-state index contributed by atoms with van der Waals surface area (Å²) in [6, 6.07) is 0.978. The number of nitrogens with zero attached hydrogens (tertiary/aromatic N) is 2. The second-order valence-corrected chi connectivity index (χ2v) is 8.01. The molecule has 0 aromatic rings. The van der Waals surface area contributed by atoms with E-state index < -0.39 is 0 Å². The maximum atomic E-state index is 12.7. The van der Waals surface area contributed by atoms with Crippen LogP contribution in [0.5, 0.6) is 0 Å². The number of amides is 1. The summed E-state index contributed by atoms with van der Waals surface area (Å²) in [6.07, 6.45) is 3.01. The molecule has 1 unspecified atom stereocenters. The topological polar surface area (TPSA) is 49.6 Å². The highest BCUT2D eigenvalue weighted by molar-refractivity contribution is 5.79. The van der Waals surface area contributed by atoms with Gasteiger partial charge in [-0.1, -0.05) is 20.8 Å². The molecule has 1 heterocycles. The van der Waals surface area contributed by atoms with E-state index in [4.69, 9.17) is 5.73 Å². The van der Waals surface area contributed by atoms with Gasteiger partial charge < -0.3 is 15.5 Å². The van der Waals surface area contributed by atoms with Crippen molar-refractivity contribution >= 4 is 5.91 Å². The van der Waals surface area contributed by atoms with Gasteiger partial charge in [-0.05, 0) is 38.5 Å². The maximum Gasteiger partial charge on any atom is 0.226 e. The van der Waals surface area contributed by atoms with E-state index in [1.165, 1.54) is 0 Å². The van der Waals surface area contributed by atoms with Gasteiger partial charge in [0.25, 0.3) is 0 Å². The fourth-order valence-electron chi connectivity index (χ4n) is 3.27. The first kappa shape index (κ1) is 18.4. The number of hydrogen-bond acceptors (Lipinski definition) is 3. The highest BCUT2D eigenvalue weighted by Gasteiger charge is 2.31. The van der Waals surface area contributed by atoms with Gasteiger partial charge in [-0.3, -0.25) is 4.79 Å². The normalized spacial score (nSPS) is 19.8. The van der Waals surface area contributed by atoms with Crippen molar-refractivity contribution < 1.29 is 4.79 Å². The van der Waals surface area contributed by atoms with Gasteiger partial charge in [0.15, 0.2) is 0 Å². The highest BCUT2D eigenvalue weighted by atomic mass is 16.2. The third kappa shape index (κ3) is 5.59. The van der Waals surface area contributed by atoms with Crippen LogP contribution >= 0.6 is 0 Å². The summed E-state index contributed by atoms with van der Waals surface area (Å²) < 4.78 is 0. The number of rotatable bonds is 5. The first-order valence-electron chi connectivity index (χ1n) is 8.36. The highest BCUT2D eigenvalue weighted by Crippen LogP contribution is 2.26. The Morgan fingerprint density at radius 1 is 1.29 bits per heavy atom. The largest absolute Gasteiger partial charge is 0.342 e. The Morgan fingerprint density at radius 2 is 1.81 bits per heavy atom. The van der Waals surface area contributed by atoms with Crippen LogP contribution in [0, 0.1) is 11.3 Å². The van der Waals surface area contributed by atoms with E-state index in [0.29, 0.717) is 18.6 Å². The van der Waals surface area contributed by atoms with Crippen LogP contribution in [-0.4, -0.2) is 54.5 Å². The lowest BCUT2D eigenvalue weighted by Crippen LogP contribution is -2.49. The molecule has 0 spiro atoms. The Hall–Kier alpha value is -0.610. The fourth-order valence-corrected chi connectivity index (χ4v) is 3.27. The zero-order chi connectivity index (χ0) is 16.2. The van der Waals surface area contributed by atoms with Crippen LogP contribution in [0.1, 0.15) is 53.9 Å². The summed E-state index contributed by atoms with van der Waals surface area (Å²) in [4.78, 5) is 17.2. The molecule has 1 fully saturated rings. The van der Waals surface area contributed by atoms with Gasteiger partial charge in [-0.15, -0.1) is 0 Å². The zero-order valence-corrected chi connectivity index (χ0v) is 14.9. The van der Waals surface area contributed by atoms with Crippen molar-refractivity contribution in [3.05, 3.63) is 0 Å². The first-order valence-corrected chi connectivity index (χ1v) is 8.36. The Bertz CT molecular complexity index is 327. The van der Waals surface area contributed by atoms with Crippen LogP contribution in [-0.2, 0) is 4.79 Å². The summed E-state index contributed by atoms with van der Waals surface area (Å²) in [5.74, 6) is 0.188. The van der Waals surface area contributed by atoms with E-state index in [9.17, 15) is 4.79 Å². The minimum atomic E-state index is -0.0434. The van der Waals surface area contributed by atoms with Crippen LogP contribution in [0.3, 0.4) is 0 Å².